The van der Waals surface area contributed by atoms with Crippen molar-refractivity contribution in [1.82, 2.24) is 10.6 Å². The maximum Gasteiger partial charge on any atom is 0.329 e. The molecule has 0 aromatic heterocycles. The Morgan fingerprint density at radius 1 is 1.47 bits per heavy atom. The molecule has 90 valence electrons. The Labute approximate surface area is 101 Å². The Hall–Kier alpha value is -1.88. The van der Waals surface area contributed by atoms with Gasteiger partial charge in [0, 0.05) is 0 Å². The first-order chi connectivity index (χ1) is 8.22. The summed E-state index contributed by atoms with van der Waals surface area (Å²) in [6, 6.07) is 7.54. The van der Waals surface area contributed by atoms with E-state index in [1.807, 2.05) is 38.1 Å². The second kappa shape index (κ2) is 4.97. The van der Waals surface area contributed by atoms with Crippen LogP contribution < -0.4 is 15.5 Å². The van der Waals surface area contributed by atoms with Crippen molar-refractivity contribution in [3.8, 4) is 0 Å². The Morgan fingerprint density at radius 3 is 2.88 bits per heavy atom. The van der Waals surface area contributed by atoms with Gasteiger partial charge in [-0.25, -0.2) is 9.79 Å². The smallest absolute Gasteiger partial charge is 0.303 e. The number of urea groups is 1. The van der Waals surface area contributed by atoms with E-state index >= 15 is 0 Å². The number of aryl methyl sites for hydroxylation is 1. The molecule has 1 atom stereocenters. The van der Waals surface area contributed by atoms with Gasteiger partial charge >= 0.3 is 6.03 Å². The van der Waals surface area contributed by atoms with Gasteiger partial charge in [0.1, 0.15) is 6.34 Å². The van der Waals surface area contributed by atoms with Gasteiger partial charge in [-0.1, -0.05) is 25.1 Å². The zero-order valence-electron chi connectivity index (χ0n) is 9.97. The van der Waals surface area contributed by atoms with Crippen LogP contribution in [-0.4, -0.2) is 25.2 Å². The first-order valence-corrected chi connectivity index (χ1v) is 5.64. The summed E-state index contributed by atoms with van der Waals surface area (Å²) < 4.78 is 0. The number of hydrogen-bond donors (Lipinski definition) is 2. The lowest BCUT2D eigenvalue weighted by molar-refractivity contribution is 0.242. The van der Waals surface area contributed by atoms with E-state index in [2.05, 4.69) is 15.6 Å². The molecule has 1 aliphatic rings. The van der Waals surface area contributed by atoms with Gasteiger partial charge < -0.3 is 5.32 Å². The highest BCUT2D eigenvalue weighted by Crippen LogP contribution is 2.19. The minimum Gasteiger partial charge on any atom is -0.303 e. The van der Waals surface area contributed by atoms with E-state index < -0.39 is 0 Å². The fourth-order valence-corrected chi connectivity index (χ4v) is 1.71. The first-order valence-electron chi connectivity index (χ1n) is 5.64. The van der Waals surface area contributed by atoms with Gasteiger partial charge in [-0.05, 0) is 25.1 Å². The van der Waals surface area contributed by atoms with E-state index in [4.69, 9.17) is 0 Å². The number of carbonyl (C=O) groups is 1. The number of amides is 2. The molecule has 5 heteroatoms. The molecule has 1 aromatic rings. The summed E-state index contributed by atoms with van der Waals surface area (Å²) >= 11 is 0. The highest BCUT2D eigenvalue weighted by atomic mass is 16.2. The molecule has 2 amide bonds. The maximum atomic E-state index is 11.9. The van der Waals surface area contributed by atoms with Gasteiger partial charge in [0.15, 0.2) is 6.29 Å². The second-order valence-electron chi connectivity index (χ2n) is 3.83. The number of para-hydroxylation sites is 1. The largest absolute Gasteiger partial charge is 0.329 e. The zero-order valence-corrected chi connectivity index (χ0v) is 9.97. The predicted octanol–water partition coefficient (Wildman–Crippen LogP) is 1.45. The van der Waals surface area contributed by atoms with Crippen molar-refractivity contribution >= 4 is 18.1 Å². The van der Waals surface area contributed by atoms with Gasteiger partial charge in [0.05, 0.1) is 5.69 Å². The summed E-state index contributed by atoms with van der Waals surface area (Å²) in [6.45, 7) is 4.69. The lowest BCUT2D eigenvalue weighted by Gasteiger charge is -2.27. The molecule has 2 rings (SSSR count). The summed E-state index contributed by atoms with van der Waals surface area (Å²) in [7, 11) is 0. The number of carbonyl (C=O) groups excluding carboxylic acids is 1. The number of nitrogens with one attached hydrogen (secondary N) is 2. The van der Waals surface area contributed by atoms with Crippen LogP contribution in [0.1, 0.15) is 12.5 Å². The van der Waals surface area contributed by atoms with E-state index in [0.717, 1.165) is 17.8 Å². The zero-order chi connectivity index (χ0) is 12.3. The van der Waals surface area contributed by atoms with Gasteiger partial charge in [0.25, 0.3) is 0 Å². The molecule has 0 bridgehead atoms. The van der Waals surface area contributed by atoms with Crippen LogP contribution >= 0.6 is 0 Å². The number of anilines is 1. The highest BCUT2D eigenvalue weighted by molar-refractivity contribution is 6.09. The summed E-state index contributed by atoms with van der Waals surface area (Å²) in [6.07, 6.45) is 1.24. The van der Waals surface area contributed by atoms with Crippen molar-refractivity contribution < 1.29 is 4.79 Å². The van der Waals surface area contributed by atoms with Crippen LogP contribution in [0, 0.1) is 6.92 Å². The van der Waals surface area contributed by atoms with Gasteiger partial charge in [-0.3, -0.25) is 10.2 Å². The predicted molar refractivity (Wildman–Crippen MR) is 68.1 cm³/mol. The quantitative estimate of drug-likeness (QED) is 0.828. The van der Waals surface area contributed by atoms with Crippen LogP contribution in [0.2, 0.25) is 0 Å². The van der Waals surface area contributed by atoms with Gasteiger partial charge in [0.2, 0.25) is 0 Å². The van der Waals surface area contributed by atoms with Crippen LogP contribution in [0.5, 0.6) is 0 Å². The third kappa shape index (κ3) is 2.45. The summed E-state index contributed by atoms with van der Waals surface area (Å²) in [5, 5.41) is 5.82. The topological polar surface area (TPSA) is 56.7 Å². The van der Waals surface area contributed by atoms with Crippen molar-refractivity contribution in [1.29, 1.82) is 0 Å². The van der Waals surface area contributed by atoms with E-state index in [9.17, 15) is 4.79 Å². The Morgan fingerprint density at radius 2 is 2.24 bits per heavy atom. The number of aliphatic imine (C=N–C) groups is 1. The lowest BCUT2D eigenvalue weighted by atomic mass is 10.2. The van der Waals surface area contributed by atoms with E-state index in [1.165, 1.54) is 4.90 Å². The van der Waals surface area contributed by atoms with Crippen LogP contribution in [-0.2, 0) is 0 Å². The normalized spacial score (nSPS) is 19.3. The lowest BCUT2D eigenvalue weighted by Crippen LogP contribution is -2.53. The monoisotopic (exact) mass is 232 g/mol. The highest BCUT2D eigenvalue weighted by Gasteiger charge is 2.22. The first kappa shape index (κ1) is 11.6. The van der Waals surface area contributed by atoms with Crippen LogP contribution in [0.15, 0.2) is 29.3 Å². The molecule has 1 heterocycles. The molecule has 5 nitrogen and oxygen atoms in total. The molecule has 0 saturated heterocycles. The second-order valence-corrected chi connectivity index (χ2v) is 3.83. The maximum absolute atomic E-state index is 11.9. The number of rotatable bonds is 3. The Kier molecular flexibility index (Phi) is 3.39. The molecule has 2 N–H and O–H groups in total. The average Bonchev–Trinajstić information content (AvgIpc) is 2.31. The molecule has 0 spiro atoms. The standard InChI is InChI=1S/C12H16N4O/c1-3-13-11-14-8-16(12(17)15-11)10-7-5-4-6-9(10)2/h4-8,11,13H,3H2,1-2H3,(H,15,17). The molecule has 17 heavy (non-hydrogen) atoms. The molecule has 1 aliphatic heterocycles. The van der Waals surface area contributed by atoms with Crippen molar-refractivity contribution in [2.45, 2.75) is 20.1 Å². The van der Waals surface area contributed by atoms with Crippen molar-refractivity contribution in [2.75, 3.05) is 11.4 Å². The molecular formula is C12H16N4O. The summed E-state index contributed by atoms with van der Waals surface area (Å²) in [5.41, 5.74) is 1.89. The number of hydrogen-bond acceptors (Lipinski definition) is 3. The van der Waals surface area contributed by atoms with E-state index in [1.54, 1.807) is 6.34 Å². The summed E-state index contributed by atoms with van der Waals surface area (Å²) in [4.78, 5) is 17.7. The van der Waals surface area contributed by atoms with E-state index in [-0.39, 0.29) is 12.3 Å². The molecule has 0 radical (unpaired) electrons. The Balaban J connectivity index is 2.21. The summed E-state index contributed by atoms with van der Waals surface area (Å²) in [5.74, 6) is 0. The third-order valence-corrected chi connectivity index (χ3v) is 2.58. The van der Waals surface area contributed by atoms with Crippen LogP contribution in [0.3, 0.4) is 0 Å². The van der Waals surface area contributed by atoms with Gasteiger partial charge in [-0.2, -0.15) is 0 Å². The molecule has 0 fully saturated rings. The molecule has 0 saturated carbocycles. The molecule has 0 aliphatic carbocycles. The van der Waals surface area contributed by atoms with Crippen LogP contribution in [0.4, 0.5) is 10.5 Å². The fourth-order valence-electron chi connectivity index (χ4n) is 1.71. The average molecular weight is 232 g/mol. The van der Waals surface area contributed by atoms with E-state index in [0.29, 0.717) is 0 Å². The molecular weight excluding hydrogens is 216 g/mol. The van der Waals surface area contributed by atoms with Crippen molar-refractivity contribution in [3.63, 3.8) is 0 Å². The Bertz CT molecular complexity index is 444. The molecule has 1 unspecified atom stereocenters. The fraction of sp³-hybridized carbons (Fsp3) is 0.333. The minimum absolute atomic E-state index is 0.166. The number of benzene rings is 1. The van der Waals surface area contributed by atoms with Crippen LogP contribution in [0.25, 0.3) is 0 Å². The third-order valence-electron chi connectivity index (χ3n) is 2.58. The van der Waals surface area contributed by atoms with Gasteiger partial charge in [-0.15, -0.1) is 0 Å². The molecule has 1 aromatic carbocycles. The van der Waals surface area contributed by atoms with Crippen molar-refractivity contribution in [3.05, 3.63) is 29.8 Å². The number of nitrogens with zero attached hydrogens (tertiary/aromatic N) is 2. The van der Waals surface area contributed by atoms with Crippen molar-refractivity contribution in [2.24, 2.45) is 4.99 Å². The minimum atomic E-state index is -0.326. The SMILES string of the molecule is CCNC1N=CN(c2ccccc2C)C(=O)N1.